The van der Waals surface area contributed by atoms with Gasteiger partial charge in [-0.05, 0) is 96.0 Å². The molecule has 2 aliphatic carbocycles. The Kier molecular flexibility index (Phi) is 9.93. The van der Waals surface area contributed by atoms with Crippen LogP contribution >= 0.6 is 0 Å². The summed E-state index contributed by atoms with van der Waals surface area (Å²) in [6, 6.07) is 14.4. The van der Waals surface area contributed by atoms with Crippen molar-refractivity contribution in [3.63, 3.8) is 0 Å². The zero-order valence-electron chi connectivity index (χ0n) is 28.3. The summed E-state index contributed by atoms with van der Waals surface area (Å²) in [6.07, 6.45) is 2.81. The van der Waals surface area contributed by atoms with E-state index in [1.807, 2.05) is 65.8 Å². The molecule has 38 heavy (non-hydrogen) atoms. The van der Waals surface area contributed by atoms with Gasteiger partial charge in [-0.3, -0.25) is 0 Å². The number of hydrogen-bond donors (Lipinski definition) is 1. The van der Waals surface area contributed by atoms with E-state index in [2.05, 4.69) is 21.3 Å². The molecule has 3 atom stereocenters. The zero-order chi connectivity index (χ0) is 32.1. The van der Waals surface area contributed by atoms with Crippen LogP contribution in [0.15, 0.2) is 40.8 Å². The van der Waals surface area contributed by atoms with Crippen LogP contribution in [0.4, 0.5) is 0 Å². The summed E-state index contributed by atoms with van der Waals surface area (Å²) < 4.78 is 63.3. The van der Waals surface area contributed by atoms with Gasteiger partial charge in [-0.15, -0.1) is 0 Å². The Labute approximate surface area is 263 Å². The number of nitrogens with zero attached hydrogens (tertiary/aromatic N) is 3. The number of fused-ring (bicyclic) bond motifs is 2. The number of benzene rings is 2. The third kappa shape index (κ3) is 8.21. The molecule has 0 aliphatic heterocycles. The average molecular weight is 566 g/mol. The predicted octanol–water partition coefficient (Wildman–Crippen LogP) is 0.906. The fraction of sp³-hybridized carbons (Fsp3) is 0.464. The van der Waals surface area contributed by atoms with Crippen molar-refractivity contribution >= 4 is 35.9 Å². The molecule has 6 nitrogen and oxygen atoms in total. The quantitative estimate of drug-likeness (QED) is 0.559. The molecule has 0 fully saturated rings. The third-order valence-electron chi connectivity index (χ3n) is 5.95. The van der Waals surface area contributed by atoms with Gasteiger partial charge in [0.05, 0.1) is 50.8 Å². The summed E-state index contributed by atoms with van der Waals surface area (Å²) in [6.45, 7) is 11.4. The monoisotopic (exact) mass is 565 g/mol. The second kappa shape index (κ2) is 14.2. The first kappa shape index (κ1) is 26.6. The van der Waals surface area contributed by atoms with Crippen molar-refractivity contribution < 1.29 is 39.3 Å². The Morgan fingerprint density at radius 1 is 0.974 bits per heavy atom. The summed E-state index contributed by atoms with van der Waals surface area (Å²) in [7, 11) is -5.54. The Balaban J connectivity index is 0.000000365. The van der Waals surface area contributed by atoms with Crippen molar-refractivity contribution in [1.82, 2.24) is 4.72 Å². The van der Waals surface area contributed by atoms with E-state index in [1.54, 1.807) is 12.1 Å². The standard InChI is InChI=1S/C14H18N2OS.C14H16N2OS.BH4.Na/c2*1-14(2,3)18(17)16-13-8-7-11-10(9-15)5-4-6-12(11)13;;/h4-6,13,16H,7-8H2,1-3H3;4-6H,7-8H2,1-3H3;1H4;/q;;-1;+1/t13-,18-;18-;;/m00../s1/i13D;;1D4;. The molecule has 0 heterocycles. The summed E-state index contributed by atoms with van der Waals surface area (Å²) in [5.74, 6) is 0. The fourth-order valence-electron chi connectivity index (χ4n) is 3.94. The van der Waals surface area contributed by atoms with Crippen LogP contribution in [0, 0.1) is 22.7 Å². The molecule has 0 saturated carbocycles. The molecule has 198 valence electrons. The van der Waals surface area contributed by atoms with E-state index < -0.39 is 41.0 Å². The molecule has 0 spiro atoms. The van der Waals surface area contributed by atoms with Crippen LogP contribution in [0.5, 0.6) is 0 Å². The SMILES string of the molecule is CC(C)(C)[S@](=O)N=C1CCc2c(C#N)cccc21.[2H][B-]([2H])([2H])[2H].[2H][C@]1(N[S@@](=O)C(C)(C)C)CCc2c(C#N)cccc21.[Na+]. The van der Waals surface area contributed by atoms with Crippen molar-refractivity contribution in [3.8, 4) is 12.1 Å². The number of nitrogens with one attached hydrogen (secondary N) is 1. The van der Waals surface area contributed by atoms with E-state index in [0.29, 0.717) is 24.0 Å². The Morgan fingerprint density at radius 3 is 2.11 bits per heavy atom. The first-order chi connectivity index (χ1) is 19.2. The van der Waals surface area contributed by atoms with Gasteiger partial charge in [0.2, 0.25) is 0 Å². The molecule has 2 aliphatic rings. The van der Waals surface area contributed by atoms with Gasteiger partial charge in [-0.25, -0.2) is 18.5 Å². The molecule has 4 rings (SSSR count). The van der Waals surface area contributed by atoms with Gasteiger partial charge >= 0.3 is 29.6 Å². The molecule has 2 aromatic carbocycles. The van der Waals surface area contributed by atoms with E-state index in [4.69, 9.17) is 17.2 Å². The summed E-state index contributed by atoms with van der Waals surface area (Å²) >= 11 is 0. The predicted molar refractivity (Wildman–Crippen MR) is 158 cm³/mol. The van der Waals surface area contributed by atoms with Crippen LogP contribution < -0.4 is 34.3 Å². The van der Waals surface area contributed by atoms with E-state index in [9.17, 15) is 8.42 Å². The Hall–Kier alpha value is -1.59. The van der Waals surface area contributed by atoms with E-state index in [-0.39, 0.29) is 34.3 Å². The van der Waals surface area contributed by atoms with Gasteiger partial charge in [0.25, 0.3) is 0 Å². The van der Waals surface area contributed by atoms with Gasteiger partial charge in [0.15, 0.2) is 0 Å². The first-order valence-corrected chi connectivity index (χ1v) is 14.2. The smallest absolute Gasteiger partial charge is 0.242 e. The molecule has 0 amide bonds. The zero-order valence-corrected chi connectivity index (χ0v) is 27.0. The number of nitriles is 2. The maximum absolute atomic E-state index is 12.2. The minimum absolute atomic E-state index is 0. The van der Waals surface area contributed by atoms with Crippen molar-refractivity contribution in [2.24, 2.45) is 4.40 Å². The van der Waals surface area contributed by atoms with Gasteiger partial charge in [-0.2, -0.15) is 14.9 Å². The third-order valence-corrected chi connectivity index (χ3v) is 8.93. The minimum atomic E-state index is -3.00. The fourth-order valence-corrected chi connectivity index (χ4v) is 5.35. The molecule has 0 saturated heterocycles. The maximum atomic E-state index is 12.2. The van der Waals surface area contributed by atoms with Gasteiger partial charge < -0.3 is 0 Å². The van der Waals surface area contributed by atoms with E-state index in [1.165, 1.54) is 0 Å². The summed E-state index contributed by atoms with van der Waals surface area (Å²) in [4.78, 5) is 0. The molecule has 0 radical (unpaired) electrons. The first-order valence-electron chi connectivity index (χ1n) is 14.8. The Bertz CT molecular complexity index is 1470. The normalized spacial score (nSPS) is 22.3. The summed E-state index contributed by atoms with van der Waals surface area (Å²) in [5, 5.41) is 18.1. The van der Waals surface area contributed by atoms with E-state index in [0.717, 1.165) is 40.8 Å². The van der Waals surface area contributed by atoms with Crippen molar-refractivity contribution in [2.75, 3.05) is 0 Å². The van der Waals surface area contributed by atoms with Crippen LogP contribution in [0.2, 0.25) is 0 Å². The molecule has 0 bridgehead atoms. The second-order valence-electron chi connectivity index (χ2n) is 10.7. The number of hydrogen-bond acceptors (Lipinski definition) is 4. The molecule has 1 N–H and O–H groups in total. The molecular weight excluding hydrogens is 522 g/mol. The van der Waals surface area contributed by atoms with Gasteiger partial charge in [0, 0.05) is 11.6 Å². The average Bonchev–Trinajstić information content (AvgIpc) is 3.43. The van der Waals surface area contributed by atoms with Crippen molar-refractivity contribution in [1.29, 1.82) is 15.9 Å². The molecule has 0 aromatic heterocycles. The number of rotatable bonds is 3. The van der Waals surface area contributed by atoms with Crippen LogP contribution in [0.1, 0.15) is 95.2 Å². The molecular formula is C28H38BN4NaO2S2. The van der Waals surface area contributed by atoms with Crippen molar-refractivity contribution in [3.05, 3.63) is 69.8 Å². The minimum Gasteiger partial charge on any atom is -0.242 e. The molecule has 2 aromatic rings. The topological polar surface area (TPSA) is 106 Å². The maximum Gasteiger partial charge on any atom is 1.00 e. The van der Waals surface area contributed by atoms with Crippen LogP contribution in [-0.4, -0.2) is 37.2 Å². The van der Waals surface area contributed by atoms with Crippen LogP contribution in [-0.2, 0) is 34.8 Å². The molecule has 0 unspecified atom stereocenters. The van der Waals surface area contributed by atoms with Crippen LogP contribution in [0.25, 0.3) is 0 Å². The Morgan fingerprint density at radius 2 is 1.55 bits per heavy atom. The van der Waals surface area contributed by atoms with Gasteiger partial charge in [-0.1, -0.05) is 32.5 Å². The largest absolute Gasteiger partial charge is 1.00 e. The van der Waals surface area contributed by atoms with E-state index >= 15 is 0 Å². The van der Waals surface area contributed by atoms with Crippen molar-refractivity contribution in [2.45, 2.75) is 82.7 Å². The second-order valence-corrected chi connectivity index (χ2v) is 14.6. The van der Waals surface area contributed by atoms with Gasteiger partial charge in [0.1, 0.15) is 11.0 Å². The molecule has 10 heteroatoms. The van der Waals surface area contributed by atoms with Crippen LogP contribution in [0.3, 0.4) is 0 Å². The summed E-state index contributed by atoms with van der Waals surface area (Å²) in [5.41, 5.74) is 5.93.